The second-order valence-electron chi connectivity index (χ2n) is 6.50. The topological polar surface area (TPSA) is 79.6 Å². The number of halogens is 1. The maximum atomic E-state index is 13.3. The average Bonchev–Trinajstić information content (AvgIpc) is 3.07. The van der Waals surface area contributed by atoms with Crippen molar-refractivity contribution in [3.05, 3.63) is 62.6 Å². The van der Waals surface area contributed by atoms with Crippen LogP contribution in [0.3, 0.4) is 0 Å². The molecule has 3 rings (SSSR count). The van der Waals surface area contributed by atoms with Crippen molar-refractivity contribution in [2.45, 2.75) is 6.42 Å². The molecule has 7 nitrogen and oxygen atoms in total. The Hall–Kier alpha value is -2.36. The van der Waals surface area contributed by atoms with E-state index in [-0.39, 0.29) is 11.3 Å². The van der Waals surface area contributed by atoms with Gasteiger partial charge in [-0.25, -0.2) is 4.98 Å². The van der Waals surface area contributed by atoms with Crippen LogP contribution in [-0.4, -0.2) is 47.9 Å². The molecular weight excluding hydrogens is 444 g/mol. The van der Waals surface area contributed by atoms with Gasteiger partial charge in [-0.05, 0) is 51.3 Å². The van der Waals surface area contributed by atoms with Crippen LogP contribution in [0.15, 0.2) is 46.9 Å². The summed E-state index contributed by atoms with van der Waals surface area (Å²) < 4.78 is 1.87. The van der Waals surface area contributed by atoms with Gasteiger partial charge >= 0.3 is 0 Å². The van der Waals surface area contributed by atoms with E-state index in [2.05, 4.69) is 20.9 Å². The first-order valence-electron chi connectivity index (χ1n) is 8.63. The lowest BCUT2D eigenvalue weighted by molar-refractivity contribution is -0.385. The summed E-state index contributed by atoms with van der Waals surface area (Å²) in [4.78, 5) is 32.3. The molecule has 0 aliphatic rings. The van der Waals surface area contributed by atoms with Gasteiger partial charge in [-0.1, -0.05) is 39.4 Å². The monoisotopic (exact) mass is 462 g/mol. The molecule has 1 amide bonds. The average molecular weight is 463 g/mol. The third-order valence-electron chi connectivity index (χ3n) is 4.13. The lowest BCUT2D eigenvalue weighted by Crippen LogP contribution is -2.33. The second kappa shape index (κ2) is 8.76. The van der Waals surface area contributed by atoms with Crippen molar-refractivity contribution in [1.82, 2.24) is 9.88 Å². The zero-order chi connectivity index (χ0) is 20.3. The van der Waals surface area contributed by atoms with Crippen molar-refractivity contribution in [3.63, 3.8) is 0 Å². The largest absolute Gasteiger partial charge is 0.309 e. The Balaban J connectivity index is 2.00. The summed E-state index contributed by atoms with van der Waals surface area (Å²) in [6.45, 7) is 1.21. The minimum Gasteiger partial charge on any atom is -0.309 e. The van der Waals surface area contributed by atoms with Gasteiger partial charge in [0.1, 0.15) is 5.56 Å². The highest BCUT2D eigenvalue weighted by molar-refractivity contribution is 9.10. The Kier molecular flexibility index (Phi) is 6.38. The number of hydrogen-bond acceptors (Lipinski definition) is 6. The molecule has 0 atom stereocenters. The quantitative estimate of drug-likeness (QED) is 0.379. The Labute approximate surface area is 174 Å². The number of nitrogens with zero attached hydrogens (tertiary/aromatic N) is 4. The highest BCUT2D eigenvalue weighted by Gasteiger charge is 2.27. The van der Waals surface area contributed by atoms with E-state index in [1.807, 2.05) is 37.2 Å². The fraction of sp³-hybridized carbons (Fsp3) is 0.263. The molecule has 3 aromatic rings. The lowest BCUT2D eigenvalue weighted by Gasteiger charge is -2.21. The van der Waals surface area contributed by atoms with E-state index in [9.17, 15) is 14.9 Å². The molecule has 0 bridgehead atoms. The van der Waals surface area contributed by atoms with Crippen molar-refractivity contribution >= 4 is 54.2 Å². The number of carbonyl (C=O) groups is 1. The molecule has 0 radical (unpaired) electrons. The van der Waals surface area contributed by atoms with Crippen molar-refractivity contribution in [2.24, 2.45) is 0 Å². The molecule has 1 heterocycles. The molecule has 0 saturated heterocycles. The number of nitro benzene ring substituents is 1. The highest BCUT2D eigenvalue weighted by atomic mass is 79.9. The third kappa shape index (κ3) is 4.54. The molecule has 0 fully saturated rings. The van der Waals surface area contributed by atoms with E-state index in [1.165, 1.54) is 23.5 Å². The summed E-state index contributed by atoms with van der Waals surface area (Å²) in [6.07, 6.45) is 0.721. The first kappa shape index (κ1) is 20.4. The van der Waals surface area contributed by atoms with Crippen LogP contribution in [0.5, 0.6) is 0 Å². The number of para-hydroxylation sites is 1. The predicted octanol–water partition coefficient (Wildman–Crippen LogP) is 4.57. The Bertz CT molecular complexity index is 1020. The molecule has 2 aromatic carbocycles. The second-order valence-corrected chi connectivity index (χ2v) is 8.42. The molecule has 9 heteroatoms. The number of fused-ring (bicyclic) bond motifs is 1. The smallest absolute Gasteiger partial charge is 0.282 e. The van der Waals surface area contributed by atoms with Gasteiger partial charge in [0.25, 0.3) is 11.6 Å². The van der Waals surface area contributed by atoms with Crippen molar-refractivity contribution in [1.29, 1.82) is 0 Å². The normalized spacial score (nSPS) is 11.1. The zero-order valence-electron chi connectivity index (χ0n) is 15.5. The van der Waals surface area contributed by atoms with Gasteiger partial charge in [0.15, 0.2) is 5.13 Å². The number of aromatic nitrogens is 1. The van der Waals surface area contributed by atoms with Gasteiger partial charge < -0.3 is 4.90 Å². The van der Waals surface area contributed by atoms with Crippen LogP contribution in [0.25, 0.3) is 10.2 Å². The summed E-state index contributed by atoms with van der Waals surface area (Å²) in [5.41, 5.74) is 0.655. The minimum absolute atomic E-state index is 0.0674. The first-order chi connectivity index (χ1) is 13.4. The number of hydrogen-bond donors (Lipinski definition) is 0. The Morgan fingerprint density at radius 1 is 1.21 bits per heavy atom. The molecule has 28 heavy (non-hydrogen) atoms. The zero-order valence-corrected chi connectivity index (χ0v) is 17.9. The number of thiazole rings is 1. The Morgan fingerprint density at radius 3 is 2.68 bits per heavy atom. The van der Waals surface area contributed by atoms with Gasteiger partial charge in [-0.3, -0.25) is 19.8 Å². The van der Waals surface area contributed by atoms with Crippen LogP contribution in [0.4, 0.5) is 10.8 Å². The maximum absolute atomic E-state index is 13.3. The summed E-state index contributed by atoms with van der Waals surface area (Å²) in [6, 6.07) is 11.8. The van der Waals surface area contributed by atoms with Gasteiger partial charge in [0.2, 0.25) is 0 Å². The maximum Gasteiger partial charge on any atom is 0.282 e. The van der Waals surface area contributed by atoms with Crippen molar-refractivity contribution < 1.29 is 9.72 Å². The molecule has 0 spiro atoms. The molecule has 0 aliphatic heterocycles. The van der Waals surface area contributed by atoms with Crippen LogP contribution in [0.1, 0.15) is 16.8 Å². The highest BCUT2D eigenvalue weighted by Crippen LogP contribution is 2.32. The van der Waals surface area contributed by atoms with Crippen LogP contribution in [-0.2, 0) is 0 Å². The molecule has 146 valence electrons. The molecule has 0 N–H and O–H groups in total. The van der Waals surface area contributed by atoms with E-state index < -0.39 is 10.8 Å². The number of benzene rings is 2. The van der Waals surface area contributed by atoms with Gasteiger partial charge in [-0.2, -0.15) is 0 Å². The third-order valence-corrected chi connectivity index (χ3v) is 5.67. The molecule has 0 unspecified atom stereocenters. The Morgan fingerprint density at radius 2 is 1.96 bits per heavy atom. The van der Waals surface area contributed by atoms with Crippen molar-refractivity contribution in [3.8, 4) is 0 Å². The van der Waals surface area contributed by atoms with E-state index >= 15 is 0 Å². The standard InChI is InChI=1S/C19H19BrN4O3S/c1-22(2)10-5-11-23(18(25)14-6-3-4-7-16(14)24(26)27)19-21-15-9-8-13(20)12-17(15)28-19/h3-4,6-9,12H,5,10-11H2,1-2H3. The summed E-state index contributed by atoms with van der Waals surface area (Å²) in [5, 5.41) is 11.9. The SMILES string of the molecule is CN(C)CCCN(C(=O)c1ccccc1[N+](=O)[O-])c1nc2ccc(Br)cc2s1. The van der Waals surface area contributed by atoms with Crippen LogP contribution in [0.2, 0.25) is 0 Å². The fourth-order valence-corrected chi connectivity index (χ4v) is 4.33. The minimum atomic E-state index is -0.527. The first-order valence-corrected chi connectivity index (χ1v) is 10.2. The molecule has 0 aliphatic carbocycles. The van der Waals surface area contributed by atoms with E-state index in [4.69, 9.17) is 0 Å². The number of amides is 1. The molecule has 1 aromatic heterocycles. The van der Waals surface area contributed by atoms with Gasteiger partial charge in [0.05, 0.1) is 15.1 Å². The summed E-state index contributed by atoms with van der Waals surface area (Å²) >= 11 is 4.84. The van der Waals surface area contributed by atoms with E-state index in [1.54, 1.807) is 17.0 Å². The summed E-state index contributed by atoms with van der Waals surface area (Å²) in [5.74, 6) is -0.413. The summed E-state index contributed by atoms with van der Waals surface area (Å²) in [7, 11) is 3.92. The van der Waals surface area contributed by atoms with Crippen LogP contribution < -0.4 is 4.90 Å². The molecular formula is C19H19BrN4O3S. The van der Waals surface area contributed by atoms with Crippen molar-refractivity contribution in [2.75, 3.05) is 32.1 Å². The van der Waals surface area contributed by atoms with Crippen LogP contribution >= 0.6 is 27.3 Å². The molecule has 0 saturated carbocycles. The predicted molar refractivity (Wildman–Crippen MR) is 115 cm³/mol. The van der Waals surface area contributed by atoms with Gasteiger partial charge in [-0.15, -0.1) is 0 Å². The number of carbonyl (C=O) groups excluding carboxylic acids is 1. The fourth-order valence-electron chi connectivity index (χ4n) is 2.79. The van der Waals surface area contributed by atoms with E-state index in [0.717, 1.165) is 27.7 Å². The number of nitro groups is 1. The van der Waals surface area contributed by atoms with E-state index in [0.29, 0.717) is 11.7 Å². The number of anilines is 1. The number of rotatable bonds is 7. The van der Waals surface area contributed by atoms with Gasteiger partial charge in [0, 0.05) is 17.1 Å². The lowest BCUT2D eigenvalue weighted by atomic mass is 10.1. The van der Waals surface area contributed by atoms with Crippen LogP contribution in [0, 0.1) is 10.1 Å².